The SMILES string of the molecule is O=C(c1ccc(-n2nc(SCc3ccccc3)sc2=S)cc1)N1CCCCCC1. The first-order valence-electron chi connectivity index (χ1n) is 9.87. The second-order valence-corrected chi connectivity index (χ2v) is 9.92. The van der Waals surface area contributed by atoms with Crippen LogP contribution < -0.4 is 0 Å². The molecule has 1 amide bonds. The Bertz CT molecular complexity index is 1000. The van der Waals surface area contributed by atoms with Gasteiger partial charge in [0.25, 0.3) is 5.91 Å². The van der Waals surface area contributed by atoms with Gasteiger partial charge in [0.15, 0.2) is 8.29 Å². The highest BCUT2D eigenvalue weighted by atomic mass is 32.2. The van der Waals surface area contributed by atoms with Crippen LogP contribution in [0.4, 0.5) is 0 Å². The van der Waals surface area contributed by atoms with Gasteiger partial charge in [0.05, 0.1) is 5.69 Å². The highest BCUT2D eigenvalue weighted by Gasteiger charge is 2.17. The number of rotatable bonds is 5. The highest BCUT2D eigenvalue weighted by molar-refractivity contribution is 8.00. The first-order valence-corrected chi connectivity index (χ1v) is 12.1. The van der Waals surface area contributed by atoms with Crippen molar-refractivity contribution in [2.75, 3.05) is 13.1 Å². The predicted octanol–water partition coefficient (Wildman–Crippen LogP) is 5.97. The van der Waals surface area contributed by atoms with Crippen molar-refractivity contribution in [3.8, 4) is 5.69 Å². The number of nitrogens with zero attached hydrogens (tertiary/aromatic N) is 3. The number of benzene rings is 2. The molecule has 7 heteroatoms. The number of hydrogen-bond donors (Lipinski definition) is 0. The summed E-state index contributed by atoms with van der Waals surface area (Å²) in [4.78, 5) is 14.8. The van der Waals surface area contributed by atoms with Crippen molar-refractivity contribution in [3.63, 3.8) is 0 Å². The topological polar surface area (TPSA) is 38.1 Å². The molecule has 2 aromatic carbocycles. The van der Waals surface area contributed by atoms with E-state index in [9.17, 15) is 4.79 Å². The van der Waals surface area contributed by atoms with Crippen molar-refractivity contribution in [1.29, 1.82) is 0 Å². The Morgan fingerprint density at radius 1 is 1.00 bits per heavy atom. The molecule has 0 unspecified atom stereocenters. The van der Waals surface area contributed by atoms with Gasteiger partial charge in [-0.25, -0.2) is 4.68 Å². The fourth-order valence-electron chi connectivity index (χ4n) is 3.40. The second kappa shape index (κ2) is 9.69. The summed E-state index contributed by atoms with van der Waals surface area (Å²) in [5, 5.41) is 4.67. The first kappa shape index (κ1) is 20.3. The lowest BCUT2D eigenvalue weighted by Gasteiger charge is -2.20. The zero-order chi connectivity index (χ0) is 20.1. The van der Waals surface area contributed by atoms with Crippen molar-refractivity contribution >= 4 is 41.2 Å². The molecule has 150 valence electrons. The molecular formula is C22H23N3OS3. The number of aromatic nitrogens is 2. The minimum Gasteiger partial charge on any atom is -0.339 e. The van der Waals surface area contributed by atoms with E-state index in [0.29, 0.717) is 3.95 Å². The molecule has 3 aromatic rings. The molecule has 0 bridgehead atoms. The maximum atomic E-state index is 12.8. The van der Waals surface area contributed by atoms with Crippen molar-refractivity contribution in [1.82, 2.24) is 14.7 Å². The van der Waals surface area contributed by atoms with Crippen LogP contribution in [0, 0.1) is 3.95 Å². The average molecular weight is 442 g/mol. The molecular weight excluding hydrogens is 418 g/mol. The Morgan fingerprint density at radius 2 is 1.69 bits per heavy atom. The minimum absolute atomic E-state index is 0.124. The average Bonchev–Trinajstić information content (AvgIpc) is 2.95. The molecule has 0 saturated carbocycles. The Kier molecular flexibility index (Phi) is 6.79. The molecule has 0 N–H and O–H groups in total. The van der Waals surface area contributed by atoms with Gasteiger partial charge in [-0.2, -0.15) is 0 Å². The summed E-state index contributed by atoms with van der Waals surface area (Å²) in [6, 6.07) is 18.0. The second-order valence-electron chi connectivity index (χ2n) is 7.07. The van der Waals surface area contributed by atoms with E-state index in [1.165, 1.54) is 29.7 Å². The first-order chi connectivity index (χ1) is 14.2. The molecule has 4 nitrogen and oxygen atoms in total. The summed E-state index contributed by atoms with van der Waals surface area (Å²) in [5.41, 5.74) is 2.89. The van der Waals surface area contributed by atoms with Crippen molar-refractivity contribution in [3.05, 3.63) is 69.7 Å². The molecule has 1 aliphatic heterocycles. The molecule has 0 aliphatic carbocycles. The van der Waals surface area contributed by atoms with Crippen LogP contribution in [0.1, 0.15) is 41.6 Å². The lowest BCUT2D eigenvalue weighted by molar-refractivity contribution is 0.0761. The van der Waals surface area contributed by atoms with E-state index in [2.05, 4.69) is 17.2 Å². The van der Waals surface area contributed by atoms with Crippen LogP contribution in [0.15, 0.2) is 58.9 Å². The van der Waals surface area contributed by atoms with Gasteiger partial charge in [0.1, 0.15) is 0 Å². The largest absolute Gasteiger partial charge is 0.339 e. The van der Waals surface area contributed by atoms with Crippen molar-refractivity contribution < 1.29 is 4.79 Å². The van der Waals surface area contributed by atoms with E-state index in [1.807, 2.05) is 47.4 Å². The maximum Gasteiger partial charge on any atom is 0.253 e. The molecule has 1 saturated heterocycles. The van der Waals surface area contributed by atoms with Gasteiger partial charge in [-0.3, -0.25) is 4.79 Å². The summed E-state index contributed by atoms with van der Waals surface area (Å²) >= 11 is 8.73. The van der Waals surface area contributed by atoms with Crippen molar-refractivity contribution in [2.24, 2.45) is 0 Å². The van der Waals surface area contributed by atoms with Gasteiger partial charge >= 0.3 is 0 Å². The van der Waals surface area contributed by atoms with Gasteiger partial charge < -0.3 is 4.90 Å². The molecule has 29 heavy (non-hydrogen) atoms. The molecule has 4 rings (SSSR count). The molecule has 0 spiro atoms. The Morgan fingerprint density at radius 3 is 2.38 bits per heavy atom. The third-order valence-corrected chi connectivity index (χ3v) is 7.42. The molecule has 0 radical (unpaired) electrons. The van der Waals surface area contributed by atoms with Gasteiger partial charge in [0, 0.05) is 24.4 Å². The smallest absolute Gasteiger partial charge is 0.253 e. The normalized spacial score (nSPS) is 14.6. The van der Waals surface area contributed by atoms with Crippen LogP contribution in [0.5, 0.6) is 0 Å². The summed E-state index contributed by atoms with van der Waals surface area (Å²) in [7, 11) is 0. The Balaban J connectivity index is 1.45. The summed E-state index contributed by atoms with van der Waals surface area (Å²) in [5.74, 6) is 0.992. The fraction of sp³-hybridized carbons (Fsp3) is 0.318. The Hall–Kier alpha value is -1.96. The quantitative estimate of drug-likeness (QED) is 0.361. The van der Waals surface area contributed by atoms with E-state index in [-0.39, 0.29) is 5.91 Å². The van der Waals surface area contributed by atoms with E-state index in [1.54, 1.807) is 16.4 Å². The van der Waals surface area contributed by atoms with Crippen LogP contribution in [0.25, 0.3) is 5.69 Å². The standard InChI is InChI=1S/C22H23N3OS3/c26-20(24-14-6-1-2-7-15-24)18-10-12-19(13-11-18)25-22(27)29-21(23-25)28-16-17-8-4-3-5-9-17/h3-5,8-13H,1-2,6-7,14-16H2. The summed E-state index contributed by atoms with van der Waals surface area (Å²) < 4.78 is 3.45. The maximum absolute atomic E-state index is 12.8. The van der Waals surface area contributed by atoms with Crippen LogP contribution in [0.3, 0.4) is 0 Å². The van der Waals surface area contributed by atoms with E-state index >= 15 is 0 Å². The summed E-state index contributed by atoms with van der Waals surface area (Å²) in [6.07, 6.45) is 4.63. The van der Waals surface area contributed by atoms with Crippen LogP contribution >= 0.6 is 35.3 Å². The van der Waals surface area contributed by atoms with E-state index < -0.39 is 0 Å². The highest BCUT2D eigenvalue weighted by Crippen LogP contribution is 2.27. The van der Waals surface area contributed by atoms with Crippen LogP contribution in [-0.2, 0) is 5.75 Å². The zero-order valence-electron chi connectivity index (χ0n) is 16.1. The Labute approximate surface area is 184 Å². The monoisotopic (exact) mass is 441 g/mol. The fourth-order valence-corrected chi connectivity index (χ4v) is 5.72. The van der Waals surface area contributed by atoms with Crippen LogP contribution in [-0.4, -0.2) is 33.7 Å². The number of amides is 1. The number of thioether (sulfide) groups is 1. The van der Waals surface area contributed by atoms with Crippen molar-refractivity contribution in [2.45, 2.75) is 35.8 Å². The zero-order valence-corrected chi connectivity index (χ0v) is 18.6. The third-order valence-electron chi connectivity index (χ3n) is 4.99. The third kappa shape index (κ3) is 5.15. The number of carbonyl (C=O) groups excluding carboxylic acids is 1. The molecule has 2 heterocycles. The van der Waals surface area contributed by atoms with E-state index in [0.717, 1.165) is 47.3 Å². The molecule has 1 aliphatic rings. The van der Waals surface area contributed by atoms with Gasteiger partial charge in [-0.05, 0) is 54.9 Å². The summed E-state index contributed by atoms with van der Waals surface area (Å²) in [6.45, 7) is 1.72. The van der Waals surface area contributed by atoms with Crippen LogP contribution in [0.2, 0.25) is 0 Å². The van der Waals surface area contributed by atoms with Gasteiger partial charge in [-0.15, -0.1) is 5.10 Å². The minimum atomic E-state index is 0.124. The number of carbonyl (C=O) groups is 1. The molecule has 1 fully saturated rings. The van der Waals surface area contributed by atoms with E-state index in [4.69, 9.17) is 12.2 Å². The number of likely N-dealkylation sites (tertiary alicyclic amines) is 1. The number of hydrogen-bond acceptors (Lipinski definition) is 5. The van der Waals surface area contributed by atoms with Gasteiger partial charge in [-0.1, -0.05) is 66.3 Å². The molecule has 1 aromatic heterocycles. The van der Waals surface area contributed by atoms with Gasteiger partial charge in [0.2, 0.25) is 0 Å². The lowest BCUT2D eigenvalue weighted by atomic mass is 10.1. The predicted molar refractivity (Wildman–Crippen MR) is 123 cm³/mol. The molecule has 0 atom stereocenters. The lowest BCUT2D eigenvalue weighted by Crippen LogP contribution is -2.31.